The van der Waals surface area contributed by atoms with Crippen LogP contribution in [0.15, 0.2) is 4.79 Å². The first-order valence-electron chi connectivity index (χ1n) is 6.63. The van der Waals surface area contributed by atoms with Crippen LogP contribution in [0, 0.1) is 13.8 Å². The van der Waals surface area contributed by atoms with Crippen molar-refractivity contribution < 1.29 is 14.7 Å². The summed E-state index contributed by atoms with van der Waals surface area (Å²) in [6.07, 6.45) is 0.287. The van der Waals surface area contributed by atoms with Crippen LogP contribution in [0.1, 0.15) is 37.4 Å². The van der Waals surface area contributed by atoms with Gasteiger partial charge in [0.1, 0.15) is 11.4 Å². The van der Waals surface area contributed by atoms with E-state index in [-0.39, 0.29) is 24.3 Å². The van der Waals surface area contributed by atoms with Crippen LogP contribution in [0.4, 0.5) is 0 Å². The van der Waals surface area contributed by atoms with E-state index in [4.69, 9.17) is 5.11 Å². The smallest absolute Gasteiger partial charge is 0.329 e. The molecule has 1 aromatic rings. The van der Waals surface area contributed by atoms with E-state index in [9.17, 15) is 14.4 Å². The predicted octanol–water partition coefficient (Wildman–Crippen LogP) is 0.641. The summed E-state index contributed by atoms with van der Waals surface area (Å²) in [6.45, 7) is 6.32. The first-order chi connectivity index (χ1) is 9.57. The molecule has 7 nitrogen and oxygen atoms in total. The summed E-state index contributed by atoms with van der Waals surface area (Å²) < 4.78 is 0. The summed E-state index contributed by atoms with van der Waals surface area (Å²) in [5.41, 5.74) is -0.503. The molecule has 1 rings (SSSR count). The number of nitrogens with zero attached hydrogens (tertiary/aromatic N) is 2. The molecule has 0 radical (unpaired) electrons. The molecule has 2 N–H and O–H groups in total. The van der Waals surface area contributed by atoms with Gasteiger partial charge in [-0.1, -0.05) is 0 Å². The van der Waals surface area contributed by atoms with E-state index in [0.717, 1.165) is 0 Å². The third kappa shape index (κ3) is 3.68. The average Bonchev–Trinajstić information content (AvgIpc) is 2.35. The van der Waals surface area contributed by atoms with Gasteiger partial charge in [0.25, 0.3) is 5.56 Å². The predicted molar refractivity (Wildman–Crippen MR) is 77.1 cm³/mol. The van der Waals surface area contributed by atoms with Gasteiger partial charge >= 0.3 is 5.97 Å². The number of aromatic amines is 1. The van der Waals surface area contributed by atoms with Crippen LogP contribution in [0.2, 0.25) is 0 Å². The number of carboxylic acid groups (broad SMARTS) is 1. The number of carbonyl (C=O) groups excluding carboxylic acids is 1. The standard InChI is InChI=1S/C14H21N3O4/c1-8-10(12(19)16-9(2)15-8)6-7-11(18)17(5)14(3,4)13(20)21/h6-7H2,1-5H3,(H,20,21)(H,15,16,19). The van der Waals surface area contributed by atoms with Gasteiger partial charge in [-0.3, -0.25) is 9.59 Å². The summed E-state index contributed by atoms with van der Waals surface area (Å²) in [7, 11) is 1.45. The quantitative estimate of drug-likeness (QED) is 0.829. The Balaban J connectivity index is 2.83. The number of aromatic nitrogens is 2. The molecule has 0 bridgehead atoms. The largest absolute Gasteiger partial charge is 0.480 e. The van der Waals surface area contributed by atoms with E-state index in [1.807, 2.05) is 0 Å². The second kappa shape index (κ2) is 6.07. The normalized spacial score (nSPS) is 11.3. The van der Waals surface area contributed by atoms with Crippen LogP contribution in [0.3, 0.4) is 0 Å². The van der Waals surface area contributed by atoms with E-state index in [1.54, 1.807) is 13.8 Å². The summed E-state index contributed by atoms with van der Waals surface area (Å²) >= 11 is 0. The maximum atomic E-state index is 12.1. The first-order valence-corrected chi connectivity index (χ1v) is 6.63. The van der Waals surface area contributed by atoms with Crippen molar-refractivity contribution in [2.24, 2.45) is 0 Å². The van der Waals surface area contributed by atoms with E-state index in [1.165, 1.54) is 25.8 Å². The first kappa shape index (κ1) is 16.9. The van der Waals surface area contributed by atoms with Crippen molar-refractivity contribution in [2.45, 2.75) is 46.1 Å². The number of rotatable bonds is 5. The van der Waals surface area contributed by atoms with Crippen LogP contribution >= 0.6 is 0 Å². The molecule has 0 saturated heterocycles. The van der Waals surface area contributed by atoms with Crippen LogP contribution < -0.4 is 5.56 Å². The molecule has 1 heterocycles. The minimum Gasteiger partial charge on any atom is -0.480 e. The molecule has 0 aliphatic heterocycles. The third-order valence-electron chi connectivity index (χ3n) is 3.67. The lowest BCUT2D eigenvalue weighted by Crippen LogP contribution is -2.50. The number of carboxylic acids is 1. The van der Waals surface area contributed by atoms with Gasteiger partial charge in [0.05, 0.1) is 0 Å². The Morgan fingerprint density at radius 2 is 1.90 bits per heavy atom. The number of aryl methyl sites for hydroxylation is 2. The number of amides is 1. The van der Waals surface area contributed by atoms with Crippen LogP contribution in [0.5, 0.6) is 0 Å². The number of H-pyrrole nitrogens is 1. The molecule has 0 aliphatic rings. The van der Waals surface area contributed by atoms with Gasteiger partial charge in [0.15, 0.2) is 0 Å². The minimum atomic E-state index is -1.29. The van der Waals surface area contributed by atoms with Crippen molar-refractivity contribution in [3.05, 3.63) is 27.4 Å². The van der Waals surface area contributed by atoms with Crippen molar-refractivity contribution in [1.29, 1.82) is 0 Å². The van der Waals surface area contributed by atoms with Crippen LogP contribution in [-0.4, -0.2) is 44.4 Å². The maximum Gasteiger partial charge on any atom is 0.329 e. The van der Waals surface area contributed by atoms with Gasteiger partial charge in [-0.15, -0.1) is 0 Å². The number of nitrogens with one attached hydrogen (secondary N) is 1. The zero-order valence-electron chi connectivity index (χ0n) is 13.0. The Kier molecular flexibility index (Phi) is 4.88. The lowest BCUT2D eigenvalue weighted by Gasteiger charge is -2.31. The topological polar surface area (TPSA) is 103 Å². The number of hydrogen-bond acceptors (Lipinski definition) is 4. The van der Waals surface area contributed by atoms with Gasteiger partial charge in [-0.25, -0.2) is 9.78 Å². The molecule has 1 amide bonds. The Morgan fingerprint density at radius 3 is 2.38 bits per heavy atom. The monoisotopic (exact) mass is 295 g/mol. The molecular formula is C14H21N3O4. The second-order valence-electron chi connectivity index (χ2n) is 5.53. The number of aliphatic carboxylic acids is 1. The third-order valence-corrected chi connectivity index (χ3v) is 3.67. The van der Waals surface area contributed by atoms with Gasteiger partial charge < -0.3 is 15.0 Å². The Morgan fingerprint density at radius 1 is 1.33 bits per heavy atom. The summed E-state index contributed by atoms with van der Waals surface area (Å²) in [6, 6.07) is 0. The molecule has 0 atom stereocenters. The van der Waals surface area contributed by atoms with E-state index >= 15 is 0 Å². The number of likely N-dealkylation sites (N-methyl/N-ethyl adjacent to an activating group) is 1. The van der Waals surface area contributed by atoms with Gasteiger partial charge in [0, 0.05) is 24.7 Å². The molecule has 0 aromatic carbocycles. The van der Waals surface area contributed by atoms with Crippen molar-refractivity contribution in [3.8, 4) is 0 Å². The molecule has 0 spiro atoms. The van der Waals surface area contributed by atoms with Gasteiger partial charge in [-0.2, -0.15) is 0 Å². The molecular weight excluding hydrogens is 274 g/mol. The van der Waals surface area contributed by atoms with E-state index in [0.29, 0.717) is 17.1 Å². The fraction of sp³-hybridized carbons (Fsp3) is 0.571. The lowest BCUT2D eigenvalue weighted by atomic mass is 10.0. The molecule has 1 aromatic heterocycles. The van der Waals surface area contributed by atoms with Crippen molar-refractivity contribution in [2.75, 3.05) is 7.05 Å². The van der Waals surface area contributed by atoms with Crippen LogP contribution in [0.25, 0.3) is 0 Å². The van der Waals surface area contributed by atoms with Gasteiger partial charge in [0.2, 0.25) is 5.91 Å². The summed E-state index contributed by atoms with van der Waals surface area (Å²) in [5, 5.41) is 9.11. The van der Waals surface area contributed by atoms with Crippen LogP contribution in [-0.2, 0) is 16.0 Å². The molecule has 0 aliphatic carbocycles. The number of hydrogen-bond donors (Lipinski definition) is 2. The molecule has 7 heteroatoms. The molecule has 0 unspecified atom stereocenters. The second-order valence-corrected chi connectivity index (χ2v) is 5.53. The summed E-state index contributed by atoms with van der Waals surface area (Å²) in [5.74, 6) is -0.886. The zero-order valence-corrected chi connectivity index (χ0v) is 13.0. The molecule has 21 heavy (non-hydrogen) atoms. The fourth-order valence-electron chi connectivity index (χ4n) is 1.90. The summed E-state index contributed by atoms with van der Waals surface area (Å²) in [4.78, 5) is 43.0. The van der Waals surface area contributed by atoms with Crippen molar-refractivity contribution in [3.63, 3.8) is 0 Å². The van der Waals surface area contributed by atoms with Crippen molar-refractivity contribution in [1.82, 2.24) is 14.9 Å². The average molecular weight is 295 g/mol. The van der Waals surface area contributed by atoms with Crippen molar-refractivity contribution >= 4 is 11.9 Å². The molecule has 0 fully saturated rings. The zero-order chi connectivity index (χ0) is 16.4. The maximum absolute atomic E-state index is 12.1. The minimum absolute atomic E-state index is 0.0574. The SMILES string of the molecule is Cc1nc(C)c(CCC(=O)N(C)C(C)(C)C(=O)O)c(=O)[nH]1. The molecule has 116 valence electrons. The Labute approximate surface area is 123 Å². The number of carbonyl (C=O) groups is 2. The fourth-order valence-corrected chi connectivity index (χ4v) is 1.90. The highest BCUT2D eigenvalue weighted by atomic mass is 16.4. The van der Waals surface area contributed by atoms with E-state index < -0.39 is 11.5 Å². The van der Waals surface area contributed by atoms with Gasteiger partial charge in [-0.05, 0) is 34.1 Å². The highest BCUT2D eigenvalue weighted by molar-refractivity contribution is 5.86. The highest BCUT2D eigenvalue weighted by Gasteiger charge is 2.34. The Hall–Kier alpha value is -2.18. The molecule has 0 saturated carbocycles. The Bertz CT molecular complexity index is 619. The van der Waals surface area contributed by atoms with E-state index in [2.05, 4.69) is 9.97 Å². The highest BCUT2D eigenvalue weighted by Crippen LogP contribution is 2.14. The lowest BCUT2D eigenvalue weighted by molar-refractivity contribution is -0.155.